The zero-order valence-electron chi connectivity index (χ0n) is 10.5. The van der Waals surface area contributed by atoms with E-state index in [4.69, 9.17) is 9.47 Å². The molecular formula is C12H11F2NO4. The van der Waals surface area contributed by atoms with Crippen molar-refractivity contribution in [1.29, 1.82) is 0 Å². The van der Waals surface area contributed by atoms with E-state index in [1.54, 1.807) is 20.8 Å². The van der Waals surface area contributed by atoms with Gasteiger partial charge in [0.2, 0.25) is 11.4 Å². The Bertz CT molecular complexity index is 630. The average molecular weight is 271 g/mol. The number of ether oxygens (including phenoxy) is 2. The smallest absolute Gasteiger partial charge is 0.428 e. The van der Waals surface area contributed by atoms with E-state index >= 15 is 0 Å². The third-order valence-electron chi connectivity index (χ3n) is 2.07. The SMILES string of the molecule is CC(C)(C)OC(=O)Oc1noc2c(F)c(F)ccc12. The maximum atomic E-state index is 13.3. The minimum absolute atomic E-state index is 0.0461. The number of halogens is 2. The second kappa shape index (κ2) is 4.49. The molecule has 0 amide bonds. The van der Waals surface area contributed by atoms with Crippen LogP contribution in [0.3, 0.4) is 0 Å². The van der Waals surface area contributed by atoms with E-state index in [9.17, 15) is 13.6 Å². The molecule has 1 heterocycles. The van der Waals surface area contributed by atoms with Crippen LogP contribution in [-0.4, -0.2) is 16.9 Å². The lowest BCUT2D eigenvalue weighted by Crippen LogP contribution is -2.26. The van der Waals surface area contributed by atoms with E-state index in [-0.39, 0.29) is 11.3 Å². The first-order valence-electron chi connectivity index (χ1n) is 5.42. The molecule has 0 aliphatic rings. The van der Waals surface area contributed by atoms with Crippen LogP contribution in [0.5, 0.6) is 5.88 Å². The summed E-state index contributed by atoms with van der Waals surface area (Å²) in [7, 11) is 0. The molecule has 2 aromatic rings. The summed E-state index contributed by atoms with van der Waals surface area (Å²) in [6.45, 7) is 4.97. The van der Waals surface area contributed by atoms with E-state index in [1.165, 1.54) is 6.07 Å². The Balaban J connectivity index is 2.28. The van der Waals surface area contributed by atoms with Gasteiger partial charge in [-0.3, -0.25) is 0 Å². The van der Waals surface area contributed by atoms with Crippen molar-refractivity contribution in [3.63, 3.8) is 0 Å². The first kappa shape index (κ1) is 13.3. The maximum absolute atomic E-state index is 13.3. The van der Waals surface area contributed by atoms with E-state index < -0.39 is 29.0 Å². The fourth-order valence-corrected chi connectivity index (χ4v) is 1.35. The Morgan fingerprint density at radius 2 is 2.00 bits per heavy atom. The van der Waals surface area contributed by atoms with E-state index in [0.29, 0.717) is 0 Å². The minimum Gasteiger partial charge on any atom is -0.428 e. The third kappa shape index (κ3) is 2.81. The van der Waals surface area contributed by atoms with Gasteiger partial charge in [-0.2, -0.15) is 4.39 Å². The van der Waals surface area contributed by atoms with Crippen LogP contribution in [0.25, 0.3) is 11.0 Å². The highest BCUT2D eigenvalue weighted by atomic mass is 19.2. The molecule has 0 unspecified atom stereocenters. The summed E-state index contributed by atoms with van der Waals surface area (Å²) in [5.74, 6) is -2.54. The quantitative estimate of drug-likeness (QED) is 0.744. The Morgan fingerprint density at radius 3 is 2.63 bits per heavy atom. The molecule has 19 heavy (non-hydrogen) atoms. The van der Waals surface area contributed by atoms with Crippen molar-refractivity contribution in [3.8, 4) is 5.88 Å². The molecule has 0 spiro atoms. The molecule has 0 atom stereocenters. The largest absolute Gasteiger partial charge is 0.515 e. The van der Waals surface area contributed by atoms with Gasteiger partial charge in [-0.15, -0.1) is 0 Å². The number of rotatable bonds is 1. The summed E-state index contributed by atoms with van der Waals surface area (Å²) in [4.78, 5) is 11.4. The standard InChI is InChI=1S/C12H11F2NO4/c1-12(2,3)18-11(16)17-10-6-4-5-7(13)8(14)9(6)19-15-10/h4-5H,1-3H3. The van der Waals surface area contributed by atoms with Crippen LogP contribution in [-0.2, 0) is 4.74 Å². The van der Waals surface area contributed by atoms with Gasteiger partial charge >= 0.3 is 6.16 Å². The molecule has 0 aliphatic heterocycles. The molecule has 0 saturated heterocycles. The van der Waals surface area contributed by atoms with Crippen molar-refractivity contribution in [2.24, 2.45) is 0 Å². The fourth-order valence-electron chi connectivity index (χ4n) is 1.35. The summed E-state index contributed by atoms with van der Waals surface area (Å²) in [5.41, 5.74) is -1.16. The van der Waals surface area contributed by atoms with Gasteiger partial charge < -0.3 is 14.0 Å². The lowest BCUT2D eigenvalue weighted by Gasteiger charge is -2.17. The first-order valence-corrected chi connectivity index (χ1v) is 5.42. The van der Waals surface area contributed by atoms with Gasteiger partial charge in [-0.05, 0) is 38.1 Å². The third-order valence-corrected chi connectivity index (χ3v) is 2.07. The molecule has 102 valence electrons. The van der Waals surface area contributed by atoms with Crippen LogP contribution in [0.15, 0.2) is 16.7 Å². The Morgan fingerprint density at radius 1 is 1.32 bits per heavy atom. The van der Waals surface area contributed by atoms with Gasteiger partial charge in [0.05, 0.1) is 5.39 Å². The number of fused-ring (bicyclic) bond motifs is 1. The number of hydrogen-bond donors (Lipinski definition) is 0. The van der Waals surface area contributed by atoms with Crippen LogP contribution in [0.2, 0.25) is 0 Å². The normalized spacial score (nSPS) is 11.6. The van der Waals surface area contributed by atoms with Crippen LogP contribution in [0, 0.1) is 11.6 Å². The van der Waals surface area contributed by atoms with Gasteiger partial charge in [0.1, 0.15) is 5.60 Å². The zero-order valence-corrected chi connectivity index (χ0v) is 10.5. The highest BCUT2D eigenvalue weighted by Gasteiger charge is 2.22. The topological polar surface area (TPSA) is 61.6 Å². The van der Waals surface area contributed by atoms with Crippen LogP contribution >= 0.6 is 0 Å². The van der Waals surface area contributed by atoms with Crippen LogP contribution in [0.1, 0.15) is 20.8 Å². The Labute approximate surface area is 107 Å². The van der Waals surface area contributed by atoms with Crippen molar-refractivity contribution in [1.82, 2.24) is 5.16 Å². The van der Waals surface area contributed by atoms with E-state index in [1.807, 2.05) is 0 Å². The van der Waals surface area contributed by atoms with Gasteiger partial charge in [0.15, 0.2) is 5.82 Å². The molecule has 0 fully saturated rings. The van der Waals surface area contributed by atoms with Gasteiger partial charge in [0.25, 0.3) is 5.88 Å². The summed E-state index contributed by atoms with van der Waals surface area (Å²) < 4.78 is 40.6. The second-order valence-electron chi connectivity index (χ2n) is 4.79. The molecular weight excluding hydrogens is 260 g/mol. The van der Waals surface area contributed by atoms with Gasteiger partial charge in [-0.1, -0.05) is 0 Å². The predicted octanol–water partition coefficient (Wildman–Crippen LogP) is 3.42. The van der Waals surface area contributed by atoms with Crippen molar-refractivity contribution < 1.29 is 27.6 Å². The molecule has 7 heteroatoms. The molecule has 1 aromatic heterocycles. The van der Waals surface area contributed by atoms with Crippen LogP contribution in [0.4, 0.5) is 13.6 Å². The molecule has 0 bridgehead atoms. The number of carbonyl (C=O) groups is 1. The molecule has 1 aromatic carbocycles. The maximum Gasteiger partial charge on any atom is 0.515 e. The Hall–Kier alpha value is -2.18. The average Bonchev–Trinajstić information content (AvgIpc) is 2.65. The summed E-state index contributed by atoms with van der Waals surface area (Å²) in [6, 6.07) is 2.08. The van der Waals surface area contributed by atoms with Crippen molar-refractivity contribution in [3.05, 3.63) is 23.8 Å². The fraction of sp³-hybridized carbons (Fsp3) is 0.333. The molecule has 0 radical (unpaired) electrons. The molecule has 5 nitrogen and oxygen atoms in total. The highest BCUT2D eigenvalue weighted by Crippen LogP contribution is 2.28. The van der Waals surface area contributed by atoms with Gasteiger partial charge in [0, 0.05) is 0 Å². The molecule has 2 rings (SSSR count). The van der Waals surface area contributed by atoms with E-state index in [0.717, 1.165) is 6.07 Å². The van der Waals surface area contributed by atoms with Crippen LogP contribution < -0.4 is 4.74 Å². The van der Waals surface area contributed by atoms with Crippen molar-refractivity contribution in [2.45, 2.75) is 26.4 Å². The highest BCUT2D eigenvalue weighted by molar-refractivity contribution is 5.84. The second-order valence-corrected chi connectivity index (χ2v) is 4.79. The predicted molar refractivity (Wildman–Crippen MR) is 60.8 cm³/mol. The zero-order chi connectivity index (χ0) is 14.2. The number of carbonyl (C=O) groups excluding carboxylic acids is 1. The number of nitrogens with zero attached hydrogens (tertiary/aromatic N) is 1. The molecule has 0 saturated carbocycles. The van der Waals surface area contributed by atoms with Crippen molar-refractivity contribution >= 4 is 17.1 Å². The number of hydrogen-bond acceptors (Lipinski definition) is 5. The Kier molecular flexibility index (Phi) is 3.13. The van der Waals surface area contributed by atoms with E-state index in [2.05, 4.69) is 9.68 Å². The minimum atomic E-state index is -1.19. The first-order chi connectivity index (χ1) is 8.78. The van der Waals surface area contributed by atoms with Gasteiger partial charge in [-0.25, -0.2) is 9.18 Å². The summed E-state index contributed by atoms with van der Waals surface area (Å²) >= 11 is 0. The molecule has 0 N–H and O–H groups in total. The lowest BCUT2D eigenvalue weighted by molar-refractivity contribution is 0.0193. The van der Waals surface area contributed by atoms with Crippen molar-refractivity contribution in [2.75, 3.05) is 0 Å². The summed E-state index contributed by atoms with van der Waals surface area (Å²) in [5, 5.41) is 3.41. The molecule has 0 aliphatic carbocycles. The monoisotopic (exact) mass is 271 g/mol. The number of aromatic nitrogens is 1. The summed E-state index contributed by atoms with van der Waals surface area (Å²) in [6.07, 6.45) is -1.01. The number of benzene rings is 1. The lowest BCUT2D eigenvalue weighted by atomic mass is 10.2.